The SMILES string of the molecule is Nc1cc(C(=O)NCc2nn[nH]n2)ccc1Cl. The molecule has 4 N–H and O–H groups in total. The van der Waals surface area contributed by atoms with Crippen molar-refractivity contribution in [1.29, 1.82) is 0 Å². The maximum Gasteiger partial charge on any atom is 0.251 e. The molecular weight excluding hydrogens is 244 g/mol. The van der Waals surface area contributed by atoms with Gasteiger partial charge in [0.05, 0.1) is 17.3 Å². The lowest BCUT2D eigenvalue weighted by atomic mass is 10.2. The zero-order valence-corrected chi connectivity index (χ0v) is 9.40. The molecule has 0 atom stereocenters. The van der Waals surface area contributed by atoms with Crippen molar-refractivity contribution >= 4 is 23.2 Å². The van der Waals surface area contributed by atoms with Gasteiger partial charge in [0.1, 0.15) is 0 Å². The molecule has 0 unspecified atom stereocenters. The monoisotopic (exact) mass is 252 g/mol. The van der Waals surface area contributed by atoms with E-state index in [9.17, 15) is 4.79 Å². The number of halogens is 1. The molecule has 7 nitrogen and oxygen atoms in total. The summed E-state index contributed by atoms with van der Waals surface area (Å²) in [5.41, 5.74) is 6.38. The maximum absolute atomic E-state index is 11.7. The molecule has 0 saturated carbocycles. The molecule has 2 rings (SSSR count). The van der Waals surface area contributed by atoms with Gasteiger partial charge >= 0.3 is 0 Å². The molecule has 1 aromatic heterocycles. The average Bonchev–Trinajstić information content (AvgIpc) is 2.82. The van der Waals surface area contributed by atoms with E-state index in [4.69, 9.17) is 17.3 Å². The van der Waals surface area contributed by atoms with Gasteiger partial charge in [-0.1, -0.05) is 16.8 Å². The van der Waals surface area contributed by atoms with E-state index in [0.29, 0.717) is 22.1 Å². The number of anilines is 1. The molecule has 0 saturated heterocycles. The summed E-state index contributed by atoms with van der Waals surface area (Å²) in [6, 6.07) is 4.66. The van der Waals surface area contributed by atoms with Crippen molar-refractivity contribution in [2.45, 2.75) is 6.54 Å². The van der Waals surface area contributed by atoms with Gasteiger partial charge in [0.15, 0.2) is 5.82 Å². The third-order valence-electron chi connectivity index (χ3n) is 2.05. The number of aromatic nitrogens is 4. The lowest BCUT2D eigenvalue weighted by molar-refractivity contribution is 0.0950. The van der Waals surface area contributed by atoms with Gasteiger partial charge in [-0.05, 0) is 18.2 Å². The standard InChI is InChI=1S/C9H9ClN6O/c10-6-2-1-5(3-7(6)11)9(17)12-4-8-13-15-16-14-8/h1-3H,4,11H2,(H,12,17)(H,13,14,15,16). The van der Waals surface area contributed by atoms with Crippen molar-refractivity contribution in [2.24, 2.45) is 0 Å². The second-order valence-electron chi connectivity index (χ2n) is 3.25. The molecule has 0 radical (unpaired) electrons. The largest absolute Gasteiger partial charge is 0.398 e. The van der Waals surface area contributed by atoms with Crippen LogP contribution in [0.1, 0.15) is 16.2 Å². The minimum Gasteiger partial charge on any atom is -0.398 e. The first kappa shape index (κ1) is 11.3. The Morgan fingerprint density at radius 2 is 2.35 bits per heavy atom. The highest BCUT2D eigenvalue weighted by molar-refractivity contribution is 6.33. The molecule has 17 heavy (non-hydrogen) atoms. The molecule has 1 aromatic carbocycles. The number of H-pyrrole nitrogens is 1. The third kappa shape index (κ3) is 2.70. The van der Waals surface area contributed by atoms with E-state index in [1.807, 2.05) is 0 Å². The average molecular weight is 253 g/mol. The van der Waals surface area contributed by atoms with Gasteiger partial charge in [0, 0.05) is 5.56 Å². The van der Waals surface area contributed by atoms with Crippen molar-refractivity contribution < 1.29 is 4.79 Å². The fourth-order valence-corrected chi connectivity index (χ4v) is 1.32. The van der Waals surface area contributed by atoms with Gasteiger partial charge in [-0.3, -0.25) is 4.79 Å². The Morgan fingerprint density at radius 3 is 3.00 bits per heavy atom. The van der Waals surface area contributed by atoms with Crippen molar-refractivity contribution in [3.05, 3.63) is 34.6 Å². The minimum atomic E-state index is -0.279. The first-order valence-electron chi connectivity index (χ1n) is 4.72. The number of nitrogen functional groups attached to an aromatic ring is 1. The Morgan fingerprint density at radius 1 is 1.53 bits per heavy atom. The highest BCUT2D eigenvalue weighted by Crippen LogP contribution is 2.19. The predicted molar refractivity (Wildman–Crippen MR) is 61.2 cm³/mol. The number of nitrogens with one attached hydrogen (secondary N) is 2. The maximum atomic E-state index is 11.7. The molecule has 0 fully saturated rings. The summed E-state index contributed by atoms with van der Waals surface area (Å²) < 4.78 is 0. The highest BCUT2D eigenvalue weighted by Gasteiger charge is 2.08. The van der Waals surface area contributed by atoms with Gasteiger partial charge in [0.25, 0.3) is 5.91 Å². The predicted octanol–water partition coefficient (Wildman–Crippen LogP) is 0.365. The summed E-state index contributed by atoms with van der Waals surface area (Å²) in [7, 11) is 0. The van der Waals surface area contributed by atoms with Crippen LogP contribution < -0.4 is 11.1 Å². The quantitative estimate of drug-likeness (QED) is 0.684. The van der Waals surface area contributed by atoms with Crippen LogP contribution in [0.2, 0.25) is 5.02 Å². The molecule has 0 aliphatic heterocycles. The number of aromatic amines is 1. The topological polar surface area (TPSA) is 110 Å². The molecule has 1 heterocycles. The summed E-state index contributed by atoms with van der Waals surface area (Å²) in [6.45, 7) is 0.192. The van der Waals surface area contributed by atoms with Crippen molar-refractivity contribution in [3.63, 3.8) is 0 Å². The Kier molecular flexibility index (Phi) is 3.20. The second-order valence-corrected chi connectivity index (χ2v) is 3.65. The lowest BCUT2D eigenvalue weighted by Crippen LogP contribution is -2.23. The summed E-state index contributed by atoms with van der Waals surface area (Å²) in [6.07, 6.45) is 0. The number of carbonyl (C=O) groups is 1. The van der Waals surface area contributed by atoms with Crippen LogP contribution in [0, 0.1) is 0 Å². The van der Waals surface area contributed by atoms with E-state index < -0.39 is 0 Å². The van der Waals surface area contributed by atoms with Gasteiger partial charge < -0.3 is 11.1 Å². The Hall–Kier alpha value is -2.15. The molecule has 88 valence electrons. The number of hydrogen-bond acceptors (Lipinski definition) is 5. The summed E-state index contributed by atoms with van der Waals surface area (Å²) in [4.78, 5) is 11.7. The van der Waals surface area contributed by atoms with Crippen LogP contribution in [0.5, 0.6) is 0 Å². The molecule has 8 heteroatoms. The smallest absolute Gasteiger partial charge is 0.251 e. The van der Waals surface area contributed by atoms with E-state index in [0.717, 1.165) is 0 Å². The molecule has 0 bridgehead atoms. The van der Waals surface area contributed by atoms with Crippen LogP contribution >= 0.6 is 11.6 Å². The van der Waals surface area contributed by atoms with Crippen molar-refractivity contribution in [3.8, 4) is 0 Å². The second kappa shape index (κ2) is 4.79. The highest BCUT2D eigenvalue weighted by atomic mass is 35.5. The van der Waals surface area contributed by atoms with E-state index in [1.165, 1.54) is 6.07 Å². The van der Waals surface area contributed by atoms with Crippen LogP contribution in [-0.4, -0.2) is 26.5 Å². The van der Waals surface area contributed by atoms with Crippen LogP contribution in [0.4, 0.5) is 5.69 Å². The Labute approximate surface area is 101 Å². The molecule has 2 aromatic rings. The Balaban J connectivity index is 2.02. The zero-order valence-electron chi connectivity index (χ0n) is 8.64. The van der Waals surface area contributed by atoms with Gasteiger partial charge in [-0.25, -0.2) is 0 Å². The van der Waals surface area contributed by atoms with Crippen LogP contribution in [0.25, 0.3) is 0 Å². The first-order valence-corrected chi connectivity index (χ1v) is 5.10. The van der Waals surface area contributed by atoms with Crippen molar-refractivity contribution in [1.82, 2.24) is 25.9 Å². The normalized spacial score (nSPS) is 10.2. The van der Waals surface area contributed by atoms with Crippen molar-refractivity contribution in [2.75, 3.05) is 5.73 Å². The molecule has 1 amide bonds. The van der Waals surface area contributed by atoms with E-state index in [2.05, 4.69) is 25.9 Å². The number of rotatable bonds is 3. The Bertz CT molecular complexity index is 526. The molecule has 0 spiro atoms. The zero-order chi connectivity index (χ0) is 12.3. The van der Waals surface area contributed by atoms with Gasteiger partial charge in [-0.2, -0.15) is 5.21 Å². The molecule has 0 aliphatic rings. The number of amides is 1. The van der Waals surface area contributed by atoms with Crippen LogP contribution in [-0.2, 0) is 6.54 Å². The van der Waals surface area contributed by atoms with Crippen LogP contribution in [0.3, 0.4) is 0 Å². The number of nitrogens with zero attached hydrogens (tertiary/aromatic N) is 3. The van der Waals surface area contributed by atoms with E-state index in [1.54, 1.807) is 12.1 Å². The lowest BCUT2D eigenvalue weighted by Gasteiger charge is -2.04. The first-order chi connectivity index (χ1) is 8.16. The number of tetrazole rings is 1. The fourth-order valence-electron chi connectivity index (χ4n) is 1.20. The third-order valence-corrected chi connectivity index (χ3v) is 2.40. The van der Waals surface area contributed by atoms with Gasteiger partial charge in [0.2, 0.25) is 0 Å². The summed E-state index contributed by atoms with van der Waals surface area (Å²) >= 11 is 5.75. The number of carbonyl (C=O) groups excluding carboxylic acids is 1. The number of nitrogens with two attached hydrogens (primary N) is 1. The number of benzene rings is 1. The molecule has 0 aliphatic carbocycles. The van der Waals surface area contributed by atoms with Gasteiger partial charge in [-0.15, -0.1) is 10.2 Å². The summed E-state index contributed by atoms with van der Waals surface area (Å²) in [5.74, 6) is 0.124. The minimum absolute atomic E-state index is 0.192. The van der Waals surface area contributed by atoms with Crippen LogP contribution in [0.15, 0.2) is 18.2 Å². The molecular formula is C9H9ClN6O. The fraction of sp³-hybridized carbons (Fsp3) is 0.111. The number of hydrogen-bond donors (Lipinski definition) is 3. The van der Waals surface area contributed by atoms with E-state index in [-0.39, 0.29) is 12.5 Å². The van der Waals surface area contributed by atoms with E-state index >= 15 is 0 Å². The summed E-state index contributed by atoms with van der Waals surface area (Å²) in [5, 5.41) is 16.1.